The van der Waals surface area contributed by atoms with Crippen molar-refractivity contribution >= 4 is 29.2 Å². The molecule has 1 amide bonds. The summed E-state index contributed by atoms with van der Waals surface area (Å²) >= 11 is 0. The molecule has 28 heavy (non-hydrogen) atoms. The second-order valence-electron chi connectivity index (χ2n) is 6.84. The summed E-state index contributed by atoms with van der Waals surface area (Å²) in [6.45, 7) is 0.888. The Balaban J connectivity index is 1.39. The van der Waals surface area contributed by atoms with Crippen LogP contribution in [0.1, 0.15) is 17.2 Å². The van der Waals surface area contributed by atoms with Gasteiger partial charge in [-0.1, -0.05) is 24.3 Å². The van der Waals surface area contributed by atoms with E-state index in [1.54, 1.807) is 6.21 Å². The van der Waals surface area contributed by atoms with Crippen molar-refractivity contribution in [3.05, 3.63) is 84.2 Å². The maximum atomic E-state index is 12.2. The Morgan fingerprint density at radius 1 is 1.07 bits per heavy atom. The minimum absolute atomic E-state index is 0.0316. The lowest BCUT2D eigenvalue weighted by Crippen LogP contribution is -2.20. The van der Waals surface area contributed by atoms with Gasteiger partial charge in [0.05, 0.1) is 5.69 Å². The first-order valence-electron chi connectivity index (χ1n) is 9.36. The maximum absolute atomic E-state index is 12.2. The number of hydrogen-bond donors (Lipinski definition) is 1. The summed E-state index contributed by atoms with van der Waals surface area (Å²) in [5.74, 6) is -0.368. The number of aromatic nitrogens is 1. The van der Waals surface area contributed by atoms with Crippen LogP contribution >= 0.6 is 0 Å². The summed E-state index contributed by atoms with van der Waals surface area (Å²) in [5, 5.41) is 2.89. The van der Waals surface area contributed by atoms with E-state index in [4.69, 9.17) is 0 Å². The van der Waals surface area contributed by atoms with Gasteiger partial charge in [0.1, 0.15) is 5.92 Å². The fourth-order valence-corrected chi connectivity index (χ4v) is 3.29. The van der Waals surface area contributed by atoms with Gasteiger partial charge in [0.15, 0.2) is 0 Å². The summed E-state index contributed by atoms with van der Waals surface area (Å²) < 4.78 is 0. The van der Waals surface area contributed by atoms with Crippen LogP contribution in [0, 0.1) is 0 Å². The predicted molar refractivity (Wildman–Crippen MR) is 114 cm³/mol. The van der Waals surface area contributed by atoms with Gasteiger partial charge >= 0.3 is 0 Å². The molecule has 0 bridgehead atoms. The molecular formula is C23H22N4O. The van der Waals surface area contributed by atoms with E-state index < -0.39 is 0 Å². The third kappa shape index (κ3) is 3.93. The van der Waals surface area contributed by atoms with Crippen LogP contribution < -0.4 is 10.2 Å². The van der Waals surface area contributed by atoms with Gasteiger partial charge in [-0.25, -0.2) is 0 Å². The van der Waals surface area contributed by atoms with Gasteiger partial charge in [-0.05, 0) is 48.0 Å². The summed E-state index contributed by atoms with van der Waals surface area (Å²) in [6, 6.07) is 21.8. The van der Waals surface area contributed by atoms with Crippen LogP contribution in [0.15, 0.2) is 77.9 Å². The predicted octanol–water partition coefficient (Wildman–Crippen LogP) is 4.20. The Morgan fingerprint density at radius 3 is 2.64 bits per heavy atom. The van der Waals surface area contributed by atoms with E-state index in [9.17, 15) is 4.79 Å². The molecule has 1 atom stereocenters. The standard InChI is InChI=1S/C23H22N4O/c1-27(15-13-17-6-4-5-14-24-17)19-11-9-18(10-12-19)25-16-21-20-7-2-3-8-22(20)26-23(21)28/h2-12,14,16,21H,13,15H2,1H3,(H,26,28). The number of aliphatic imine (C=N–C) groups is 1. The Labute approximate surface area is 164 Å². The first-order valence-corrected chi connectivity index (χ1v) is 9.36. The number of nitrogens with zero attached hydrogens (tertiary/aromatic N) is 3. The highest BCUT2D eigenvalue weighted by Gasteiger charge is 2.28. The lowest BCUT2D eigenvalue weighted by Gasteiger charge is -2.19. The lowest BCUT2D eigenvalue weighted by molar-refractivity contribution is -0.115. The highest BCUT2D eigenvalue weighted by Crippen LogP contribution is 2.31. The molecule has 0 radical (unpaired) electrons. The average Bonchev–Trinajstić information content (AvgIpc) is 3.06. The highest BCUT2D eigenvalue weighted by molar-refractivity contribution is 6.12. The summed E-state index contributed by atoms with van der Waals surface area (Å²) in [7, 11) is 2.07. The van der Waals surface area contributed by atoms with E-state index in [1.165, 1.54) is 0 Å². The molecule has 2 heterocycles. The van der Waals surface area contributed by atoms with Gasteiger partial charge in [-0.3, -0.25) is 14.8 Å². The van der Waals surface area contributed by atoms with Crippen LogP contribution in [0.3, 0.4) is 0 Å². The van der Waals surface area contributed by atoms with E-state index in [-0.39, 0.29) is 11.8 Å². The molecule has 2 aromatic carbocycles. The molecule has 1 aromatic heterocycles. The third-order valence-corrected chi connectivity index (χ3v) is 4.93. The molecule has 140 valence electrons. The molecule has 0 saturated heterocycles. The van der Waals surface area contributed by atoms with E-state index >= 15 is 0 Å². The monoisotopic (exact) mass is 370 g/mol. The number of carbonyl (C=O) groups excluding carboxylic acids is 1. The Kier molecular flexibility index (Phi) is 5.15. The molecule has 3 aromatic rings. The van der Waals surface area contributed by atoms with Crippen LogP contribution in [0.2, 0.25) is 0 Å². The smallest absolute Gasteiger partial charge is 0.237 e. The molecule has 5 heteroatoms. The van der Waals surface area contributed by atoms with Crippen LogP contribution in [-0.2, 0) is 11.2 Å². The van der Waals surface area contributed by atoms with Crippen molar-refractivity contribution in [2.75, 3.05) is 23.8 Å². The zero-order valence-electron chi connectivity index (χ0n) is 15.7. The Bertz CT molecular complexity index is 983. The number of pyridine rings is 1. The number of amides is 1. The minimum atomic E-state index is -0.336. The molecule has 0 fully saturated rings. The normalized spacial score (nSPS) is 15.5. The van der Waals surface area contributed by atoms with E-state index in [2.05, 4.69) is 27.2 Å². The molecule has 1 aliphatic rings. The van der Waals surface area contributed by atoms with Crippen molar-refractivity contribution in [3.8, 4) is 0 Å². The van der Waals surface area contributed by atoms with Gasteiger partial charge in [0.25, 0.3) is 0 Å². The summed E-state index contributed by atoms with van der Waals surface area (Å²) in [4.78, 5) is 23.2. The van der Waals surface area contributed by atoms with Crippen molar-refractivity contribution in [1.82, 2.24) is 4.98 Å². The molecule has 1 N–H and O–H groups in total. The van der Waals surface area contributed by atoms with Crippen LogP contribution in [0.4, 0.5) is 17.1 Å². The van der Waals surface area contributed by atoms with Crippen LogP contribution in [0.25, 0.3) is 0 Å². The first kappa shape index (κ1) is 17.9. The van der Waals surface area contributed by atoms with Crippen molar-refractivity contribution in [1.29, 1.82) is 0 Å². The number of nitrogens with one attached hydrogen (secondary N) is 1. The quantitative estimate of drug-likeness (QED) is 0.662. The summed E-state index contributed by atoms with van der Waals surface area (Å²) in [6.07, 6.45) is 4.44. The van der Waals surface area contributed by atoms with E-state index in [0.717, 1.165) is 41.3 Å². The zero-order chi connectivity index (χ0) is 19.3. The van der Waals surface area contributed by atoms with Gasteiger partial charge < -0.3 is 10.2 Å². The fourth-order valence-electron chi connectivity index (χ4n) is 3.29. The number of para-hydroxylation sites is 1. The number of benzene rings is 2. The molecule has 4 rings (SSSR count). The highest BCUT2D eigenvalue weighted by atomic mass is 16.2. The largest absolute Gasteiger partial charge is 0.374 e. The zero-order valence-corrected chi connectivity index (χ0v) is 15.7. The molecule has 0 aliphatic carbocycles. The first-order chi connectivity index (χ1) is 13.7. The van der Waals surface area contributed by atoms with Crippen LogP contribution in [-0.4, -0.2) is 30.7 Å². The molecule has 0 spiro atoms. The third-order valence-electron chi connectivity index (χ3n) is 4.93. The number of carbonyl (C=O) groups is 1. The number of fused-ring (bicyclic) bond motifs is 1. The molecular weight excluding hydrogens is 348 g/mol. The SMILES string of the molecule is CN(CCc1ccccn1)c1ccc(N=CC2C(=O)Nc3ccccc32)cc1. The van der Waals surface area contributed by atoms with Gasteiger partial charge in [-0.2, -0.15) is 0 Å². The topological polar surface area (TPSA) is 57.6 Å². The Morgan fingerprint density at radius 2 is 1.86 bits per heavy atom. The fraction of sp³-hybridized carbons (Fsp3) is 0.174. The van der Waals surface area contributed by atoms with Crippen LogP contribution in [0.5, 0.6) is 0 Å². The molecule has 5 nitrogen and oxygen atoms in total. The molecule has 1 unspecified atom stereocenters. The minimum Gasteiger partial charge on any atom is -0.374 e. The number of likely N-dealkylation sites (N-methyl/N-ethyl adjacent to an activating group) is 1. The second-order valence-corrected chi connectivity index (χ2v) is 6.84. The van der Waals surface area contributed by atoms with Gasteiger partial charge in [0, 0.05) is 49.5 Å². The van der Waals surface area contributed by atoms with Crippen molar-refractivity contribution in [2.24, 2.45) is 4.99 Å². The number of hydrogen-bond acceptors (Lipinski definition) is 4. The average molecular weight is 370 g/mol. The molecule has 1 aliphatic heterocycles. The van der Waals surface area contributed by atoms with Crippen molar-refractivity contribution < 1.29 is 4.79 Å². The number of rotatable bonds is 6. The van der Waals surface area contributed by atoms with Gasteiger partial charge in [0.2, 0.25) is 5.91 Å². The van der Waals surface area contributed by atoms with E-state index in [0.29, 0.717) is 0 Å². The van der Waals surface area contributed by atoms with Gasteiger partial charge in [-0.15, -0.1) is 0 Å². The summed E-state index contributed by atoms with van der Waals surface area (Å²) in [5.41, 5.74) is 4.89. The Hall–Kier alpha value is -3.47. The van der Waals surface area contributed by atoms with Crippen molar-refractivity contribution in [3.63, 3.8) is 0 Å². The molecule has 0 saturated carbocycles. The lowest BCUT2D eigenvalue weighted by atomic mass is 10.0. The number of anilines is 2. The van der Waals surface area contributed by atoms with Crippen molar-refractivity contribution in [2.45, 2.75) is 12.3 Å². The maximum Gasteiger partial charge on any atom is 0.237 e. The second kappa shape index (κ2) is 8.05. The van der Waals surface area contributed by atoms with E-state index in [1.807, 2.05) is 72.9 Å².